The molecular weight excluding hydrogens is 492 g/mol. The summed E-state index contributed by atoms with van der Waals surface area (Å²) in [5, 5.41) is 22.0. The van der Waals surface area contributed by atoms with Gasteiger partial charge in [0.1, 0.15) is 11.3 Å². The molecule has 0 radical (unpaired) electrons. The minimum Gasteiger partial charge on any atom is -0.507 e. The van der Waals surface area contributed by atoms with Crippen LogP contribution < -0.4 is 5.32 Å². The minimum absolute atomic E-state index is 0.117. The number of carboxylic acids is 1. The first-order chi connectivity index (χ1) is 17.5. The first-order valence-corrected chi connectivity index (χ1v) is 13.1. The van der Waals surface area contributed by atoms with Gasteiger partial charge in [0.05, 0.1) is 17.1 Å². The number of aromatic nitrogens is 1. The fourth-order valence-electron chi connectivity index (χ4n) is 3.94. The van der Waals surface area contributed by atoms with Gasteiger partial charge in [-0.15, -0.1) is 0 Å². The molecule has 0 aliphatic rings. The van der Waals surface area contributed by atoms with E-state index in [1.54, 1.807) is 31.3 Å². The first-order valence-electron chi connectivity index (χ1n) is 11.2. The predicted octanol–water partition coefficient (Wildman–Crippen LogP) is 4.46. The maximum Gasteiger partial charge on any atom is 0.339 e. The highest BCUT2D eigenvalue weighted by Crippen LogP contribution is 2.30. The lowest BCUT2D eigenvalue weighted by Gasteiger charge is -2.10. The summed E-state index contributed by atoms with van der Waals surface area (Å²) < 4.78 is 24.0. The van der Waals surface area contributed by atoms with Crippen LogP contribution in [0, 0.1) is 6.92 Å². The summed E-state index contributed by atoms with van der Waals surface area (Å²) in [6.45, 7) is 1.81. The van der Waals surface area contributed by atoms with Crippen molar-refractivity contribution in [2.45, 2.75) is 18.4 Å². The summed E-state index contributed by atoms with van der Waals surface area (Å²) in [6, 6.07) is 20.1. The van der Waals surface area contributed by atoms with E-state index in [1.165, 1.54) is 18.2 Å². The lowest BCUT2D eigenvalue weighted by atomic mass is 9.98. The Morgan fingerprint density at radius 3 is 2.22 bits per heavy atom. The van der Waals surface area contributed by atoms with Gasteiger partial charge in [-0.2, -0.15) is 0 Å². The summed E-state index contributed by atoms with van der Waals surface area (Å²) in [5.74, 6) is -1.93. The molecule has 0 atom stereocenters. The number of sulfone groups is 1. The molecule has 8 nitrogen and oxygen atoms in total. The highest BCUT2D eigenvalue weighted by atomic mass is 32.2. The number of carboxylic acid groups (broad SMARTS) is 1. The van der Waals surface area contributed by atoms with E-state index >= 15 is 0 Å². The molecular formula is C28H24N2O6S. The van der Waals surface area contributed by atoms with Crippen LogP contribution in [0.2, 0.25) is 0 Å². The Hall–Kier alpha value is -4.50. The maximum absolute atomic E-state index is 12.7. The van der Waals surface area contributed by atoms with E-state index in [4.69, 9.17) is 5.11 Å². The van der Waals surface area contributed by atoms with Crippen molar-refractivity contribution >= 4 is 21.7 Å². The van der Waals surface area contributed by atoms with Crippen molar-refractivity contribution in [3.05, 3.63) is 101 Å². The Kier molecular flexibility index (Phi) is 7.08. The van der Waals surface area contributed by atoms with Crippen LogP contribution in [-0.2, 0) is 16.4 Å². The molecule has 0 aliphatic carbocycles. The molecule has 0 aliphatic heterocycles. The van der Waals surface area contributed by atoms with Crippen molar-refractivity contribution in [2.24, 2.45) is 0 Å². The van der Waals surface area contributed by atoms with Crippen molar-refractivity contribution < 1.29 is 28.2 Å². The average Bonchev–Trinajstić information content (AvgIpc) is 2.87. The standard InChI is InChI=1S/C28H24N2O6S/c1-17-6-7-22(15-26(17)37(2,35)36)27(32)30-16-23-13-21(10-11-29-23)19-5-3-4-18(12-19)20-8-9-24(28(33)34)25(31)14-20/h3-15,31H,16H2,1-2H3,(H,30,32)(H,33,34). The number of aromatic carboxylic acids is 1. The zero-order valence-corrected chi connectivity index (χ0v) is 20.9. The number of benzene rings is 3. The van der Waals surface area contributed by atoms with Crippen molar-refractivity contribution in [2.75, 3.05) is 6.26 Å². The molecule has 0 bridgehead atoms. The third kappa shape index (κ3) is 5.84. The molecule has 3 aromatic carbocycles. The lowest BCUT2D eigenvalue weighted by molar-refractivity contribution is 0.0693. The molecule has 1 aromatic heterocycles. The van der Waals surface area contributed by atoms with Gasteiger partial charge in [0.25, 0.3) is 5.91 Å². The molecule has 9 heteroatoms. The lowest BCUT2D eigenvalue weighted by Crippen LogP contribution is -2.23. The smallest absolute Gasteiger partial charge is 0.339 e. The number of carbonyl (C=O) groups excluding carboxylic acids is 1. The Morgan fingerprint density at radius 1 is 0.892 bits per heavy atom. The number of aromatic hydroxyl groups is 1. The Bertz CT molecular complexity index is 1630. The molecule has 0 saturated heterocycles. The van der Waals surface area contributed by atoms with Crippen LogP contribution in [0.4, 0.5) is 0 Å². The fraction of sp³-hybridized carbons (Fsp3) is 0.107. The van der Waals surface area contributed by atoms with E-state index in [-0.39, 0.29) is 28.3 Å². The molecule has 0 fully saturated rings. The van der Waals surface area contributed by atoms with Crippen molar-refractivity contribution in [3.8, 4) is 28.0 Å². The molecule has 4 rings (SSSR count). The van der Waals surface area contributed by atoms with E-state index in [0.717, 1.165) is 22.9 Å². The van der Waals surface area contributed by atoms with Gasteiger partial charge in [-0.3, -0.25) is 9.78 Å². The second kappa shape index (κ2) is 10.2. The number of amides is 1. The quantitative estimate of drug-likeness (QED) is 0.330. The minimum atomic E-state index is -3.46. The number of nitrogens with one attached hydrogen (secondary N) is 1. The topological polar surface area (TPSA) is 134 Å². The molecule has 188 valence electrons. The van der Waals surface area contributed by atoms with Crippen LogP contribution in [0.3, 0.4) is 0 Å². The highest BCUT2D eigenvalue weighted by molar-refractivity contribution is 7.90. The zero-order chi connectivity index (χ0) is 26.7. The van der Waals surface area contributed by atoms with Crippen LogP contribution in [-0.4, -0.2) is 41.7 Å². The van der Waals surface area contributed by atoms with Gasteiger partial charge < -0.3 is 15.5 Å². The van der Waals surface area contributed by atoms with E-state index in [0.29, 0.717) is 16.8 Å². The molecule has 3 N–H and O–H groups in total. The molecule has 0 saturated carbocycles. The van der Waals surface area contributed by atoms with Crippen LogP contribution >= 0.6 is 0 Å². The number of hydrogen-bond donors (Lipinski definition) is 3. The second-order valence-electron chi connectivity index (χ2n) is 8.59. The summed E-state index contributed by atoms with van der Waals surface area (Å²) in [7, 11) is -3.46. The monoisotopic (exact) mass is 516 g/mol. The largest absolute Gasteiger partial charge is 0.507 e. The molecule has 1 heterocycles. The molecule has 4 aromatic rings. The van der Waals surface area contributed by atoms with E-state index in [1.807, 2.05) is 36.4 Å². The number of carbonyl (C=O) groups is 2. The predicted molar refractivity (Wildman–Crippen MR) is 139 cm³/mol. The SMILES string of the molecule is Cc1ccc(C(=O)NCc2cc(-c3cccc(-c4ccc(C(=O)O)c(O)c4)c3)ccn2)cc1S(C)(=O)=O. The van der Waals surface area contributed by atoms with Gasteiger partial charge in [0.15, 0.2) is 9.84 Å². The maximum atomic E-state index is 12.7. The van der Waals surface area contributed by atoms with Gasteiger partial charge in [-0.25, -0.2) is 13.2 Å². The number of nitrogens with zero attached hydrogens (tertiary/aromatic N) is 1. The number of pyridine rings is 1. The molecule has 0 unspecified atom stereocenters. The Balaban J connectivity index is 1.53. The van der Waals surface area contributed by atoms with Gasteiger partial charge in [0, 0.05) is 18.0 Å². The van der Waals surface area contributed by atoms with Crippen molar-refractivity contribution in [3.63, 3.8) is 0 Å². The van der Waals surface area contributed by atoms with Gasteiger partial charge in [-0.05, 0) is 77.2 Å². The number of rotatable bonds is 7. The summed E-state index contributed by atoms with van der Waals surface area (Å²) in [4.78, 5) is 28.3. The summed E-state index contributed by atoms with van der Waals surface area (Å²) in [6.07, 6.45) is 2.74. The molecule has 1 amide bonds. The third-order valence-corrected chi connectivity index (χ3v) is 7.09. The van der Waals surface area contributed by atoms with Gasteiger partial charge >= 0.3 is 5.97 Å². The fourth-order valence-corrected chi connectivity index (χ4v) is 4.93. The normalized spacial score (nSPS) is 11.2. The highest BCUT2D eigenvalue weighted by Gasteiger charge is 2.15. The Morgan fingerprint density at radius 2 is 1.57 bits per heavy atom. The van der Waals surface area contributed by atoms with Crippen LogP contribution in [0.1, 0.15) is 32.0 Å². The first kappa shape index (κ1) is 25.6. The van der Waals surface area contributed by atoms with Crippen molar-refractivity contribution in [1.82, 2.24) is 10.3 Å². The summed E-state index contributed by atoms with van der Waals surface area (Å²) >= 11 is 0. The number of hydrogen-bond acceptors (Lipinski definition) is 6. The third-order valence-electron chi connectivity index (χ3n) is 5.85. The van der Waals surface area contributed by atoms with Gasteiger partial charge in [0.2, 0.25) is 0 Å². The van der Waals surface area contributed by atoms with Crippen molar-refractivity contribution in [1.29, 1.82) is 0 Å². The van der Waals surface area contributed by atoms with E-state index in [9.17, 15) is 23.1 Å². The van der Waals surface area contributed by atoms with Gasteiger partial charge in [-0.1, -0.05) is 30.3 Å². The number of phenols is 1. The molecule has 37 heavy (non-hydrogen) atoms. The average molecular weight is 517 g/mol. The van der Waals surface area contributed by atoms with Crippen LogP contribution in [0.5, 0.6) is 5.75 Å². The summed E-state index contributed by atoms with van der Waals surface area (Å²) in [5.41, 5.74) is 4.42. The second-order valence-corrected chi connectivity index (χ2v) is 10.6. The van der Waals surface area contributed by atoms with Crippen LogP contribution in [0.25, 0.3) is 22.3 Å². The van der Waals surface area contributed by atoms with E-state index < -0.39 is 21.7 Å². The van der Waals surface area contributed by atoms with E-state index in [2.05, 4.69) is 10.3 Å². The Labute approximate surface area is 214 Å². The molecule has 0 spiro atoms. The van der Waals surface area contributed by atoms with Crippen LogP contribution in [0.15, 0.2) is 83.9 Å². The zero-order valence-electron chi connectivity index (χ0n) is 20.1. The number of aryl methyl sites for hydroxylation is 1.